The van der Waals surface area contributed by atoms with Gasteiger partial charge < -0.3 is 14.4 Å². The molecule has 0 bridgehead atoms. The van der Waals surface area contributed by atoms with Gasteiger partial charge in [0.05, 0.1) is 17.7 Å². The molecule has 28 heavy (non-hydrogen) atoms. The first-order chi connectivity index (χ1) is 13.4. The molecule has 0 saturated carbocycles. The number of carbonyl (C=O) groups excluding carboxylic acids is 1. The largest absolute Gasteiger partial charge is 0.361 e. The van der Waals surface area contributed by atoms with Gasteiger partial charge in [0, 0.05) is 50.5 Å². The Labute approximate surface area is 165 Å². The van der Waals surface area contributed by atoms with Crippen molar-refractivity contribution in [1.82, 2.24) is 29.8 Å². The van der Waals surface area contributed by atoms with Crippen LogP contribution in [0, 0.1) is 20.8 Å². The van der Waals surface area contributed by atoms with Crippen molar-refractivity contribution in [3.05, 3.63) is 34.7 Å². The van der Waals surface area contributed by atoms with Gasteiger partial charge in [-0.1, -0.05) is 5.16 Å². The van der Waals surface area contributed by atoms with E-state index in [1.54, 1.807) is 6.33 Å². The predicted octanol–water partition coefficient (Wildman–Crippen LogP) is 1.75. The molecule has 2 aromatic rings. The van der Waals surface area contributed by atoms with Crippen LogP contribution in [-0.4, -0.2) is 81.0 Å². The van der Waals surface area contributed by atoms with E-state index in [4.69, 9.17) is 4.52 Å². The third kappa shape index (κ3) is 3.35. The Hall–Kier alpha value is -2.19. The van der Waals surface area contributed by atoms with Crippen molar-refractivity contribution in [1.29, 1.82) is 0 Å². The number of hydrogen-bond donors (Lipinski definition) is 1. The third-order valence-corrected chi connectivity index (χ3v) is 6.62. The lowest BCUT2D eigenvalue weighted by Gasteiger charge is -2.53. The minimum absolute atomic E-state index is 0.0496. The molecule has 4 heterocycles. The highest BCUT2D eigenvalue weighted by Crippen LogP contribution is 2.33. The maximum Gasteiger partial charge on any atom is 0.259 e. The molecule has 0 unspecified atom stereocenters. The number of aromatic nitrogens is 3. The first kappa shape index (κ1) is 19.1. The van der Waals surface area contributed by atoms with E-state index in [9.17, 15) is 4.79 Å². The lowest BCUT2D eigenvalue weighted by molar-refractivity contribution is -0.0265. The number of piperidine rings is 1. The number of amides is 1. The van der Waals surface area contributed by atoms with Crippen molar-refractivity contribution < 1.29 is 9.32 Å². The minimum atomic E-state index is 0.0496. The number of imidazole rings is 1. The number of rotatable bonds is 3. The molecule has 8 heteroatoms. The molecule has 0 aromatic carbocycles. The number of nitrogens with one attached hydrogen (secondary N) is 1. The zero-order chi connectivity index (χ0) is 19.9. The summed E-state index contributed by atoms with van der Waals surface area (Å²) in [6.07, 6.45) is 3.73. The Morgan fingerprint density at radius 2 is 1.96 bits per heavy atom. The zero-order valence-electron chi connectivity index (χ0n) is 17.3. The third-order valence-electron chi connectivity index (χ3n) is 6.62. The minimum Gasteiger partial charge on any atom is -0.361 e. The highest BCUT2D eigenvalue weighted by atomic mass is 16.5. The van der Waals surface area contributed by atoms with Crippen LogP contribution in [0.1, 0.15) is 46.0 Å². The van der Waals surface area contributed by atoms with Crippen LogP contribution in [0.5, 0.6) is 0 Å². The van der Waals surface area contributed by atoms with Crippen molar-refractivity contribution in [2.45, 2.75) is 45.7 Å². The summed E-state index contributed by atoms with van der Waals surface area (Å²) in [5, 5.41) is 3.93. The van der Waals surface area contributed by atoms with Crippen LogP contribution in [0.4, 0.5) is 0 Å². The number of aromatic amines is 1. The van der Waals surface area contributed by atoms with Crippen molar-refractivity contribution >= 4 is 5.91 Å². The predicted molar refractivity (Wildman–Crippen MR) is 105 cm³/mol. The van der Waals surface area contributed by atoms with Crippen molar-refractivity contribution in [2.75, 3.05) is 39.8 Å². The first-order valence-electron chi connectivity index (χ1n) is 10.0. The summed E-state index contributed by atoms with van der Waals surface area (Å²) < 4.78 is 5.19. The van der Waals surface area contributed by atoms with Crippen molar-refractivity contribution in [3.8, 4) is 0 Å². The number of likely N-dealkylation sites (tertiary alicyclic amines) is 1. The number of aryl methyl sites for hydroxylation is 3. The molecule has 152 valence electrons. The van der Waals surface area contributed by atoms with Crippen LogP contribution >= 0.6 is 0 Å². The highest BCUT2D eigenvalue weighted by molar-refractivity contribution is 5.96. The van der Waals surface area contributed by atoms with Gasteiger partial charge in [0.25, 0.3) is 5.91 Å². The van der Waals surface area contributed by atoms with Gasteiger partial charge in [0.15, 0.2) is 0 Å². The van der Waals surface area contributed by atoms with Crippen molar-refractivity contribution in [2.24, 2.45) is 0 Å². The summed E-state index contributed by atoms with van der Waals surface area (Å²) >= 11 is 0. The molecule has 0 aliphatic carbocycles. The maximum atomic E-state index is 13.0. The maximum absolute atomic E-state index is 13.0. The van der Waals surface area contributed by atoms with E-state index in [1.165, 1.54) is 0 Å². The van der Waals surface area contributed by atoms with E-state index in [0.717, 1.165) is 63.5 Å². The number of likely N-dealkylation sites (N-methyl/N-ethyl adjacent to an activating group) is 1. The summed E-state index contributed by atoms with van der Waals surface area (Å²) in [4.78, 5) is 27.6. The molecule has 4 rings (SSSR count). The highest BCUT2D eigenvalue weighted by Gasteiger charge is 2.43. The summed E-state index contributed by atoms with van der Waals surface area (Å²) in [6, 6.07) is 0. The molecule has 0 atom stereocenters. The van der Waals surface area contributed by atoms with Crippen LogP contribution < -0.4 is 0 Å². The van der Waals surface area contributed by atoms with Gasteiger partial charge in [-0.05, 0) is 40.7 Å². The van der Waals surface area contributed by atoms with Gasteiger partial charge in [-0.15, -0.1) is 0 Å². The van der Waals surface area contributed by atoms with E-state index in [-0.39, 0.29) is 11.4 Å². The molecule has 1 N–H and O–H groups in total. The second-order valence-corrected chi connectivity index (χ2v) is 8.32. The average molecular weight is 387 g/mol. The summed E-state index contributed by atoms with van der Waals surface area (Å²) in [5.74, 6) is 0.659. The molecule has 1 spiro atoms. The van der Waals surface area contributed by atoms with Gasteiger partial charge in [0.1, 0.15) is 11.3 Å². The van der Waals surface area contributed by atoms with E-state index in [2.05, 4.69) is 38.9 Å². The van der Waals surface area contributed by atoms with Crippen LogP contribution in [0.15, 0.2) is 10.9 Å². The van der Waals surface area contributed by atoms with Crippen LogP contribution in [0.3, 0.4) is 0 Å². The lowest BCUT2D eigenvalue weighted by atomic mass is 9.83. The molecule has 0 radical (unpaired) electrons. The van der Waals surface area contributed by atoms with E-state index < -0.39 is 0 Å². The topological polar surface area (TPSA) is 81.5 Å². The Bertz CT molecular complexity index is 829. The quantitative estimate of drug-likeness (QED) is 0.865. The van der Waals surface area contributed by atoms with Gasteiger partial charge in [0.2, 0.25) is 0 Å². The fraction of sp³-hybridized carbons (Fsp3) is 0.650. The standard InChI is InChI=1S/C20H30N6O2/c1-14-17(22-13-21-14)11-25-10-9-24(4)20(12-25)5-7-26(8-6-20)19(27)18-15(2)23-28-16(18)3/h13H,5-12H2,1-4H3,(H,21,22). The van der Waals surface area contributed by atoms with E-state index in [0.29, 0.717) is 17.0 Å². The molecule has 2 aromatic heterocycles. The van der Waals surface area contributed by atoms with Gasteiger partial charge in [-0.3, -0.25) is 14.6 Å². The lowest BCUT2D eigenvalue weighted by Crippen LogP contribution is -2.64. The smallest absolute Gasteiger partial charge is 0.259 e. The second-order valence-electron chi connectivity index (χ2n) is 8.32. The SMILES string of the molecule is Cc1noc(C)c1C(=O)N1CCC2(CC1)CN(Cc1nc[nH]c1C)CCN2C. The molecule has 1 amide bonds. The number of H-pyrrole nitrogens is 1. The Morgan fingerprint density at radius 1 is 1.21 bits per heavy atom. The number of piperazine rings is 1. The van der Waals surface area contributed by atoms with Gasteiger partial charge >= 0.3 is 0 Å². The summed E-state index contributed by atoms with van der Waals surface area (Å²) in [7, 11) is 2.23. The molecule has 2 fully saturated rings. The van der Waals surface area contributed by atoms with Crippen LogP contribution in [0.25, 0.3) is 0 Å². The zero-order valence-corrected chi connectivity index (χ0v) is 17.3. The van der Waals surface area contributed by atoms with Crippen LogP contribution in [-0.2, 0) is 6.54 Å². The van der Waals surface area contributed by atoms with Crippen LogP contribution in [0.2, 0.25) is 0 Å². The fourth-order valence-corrected chi connectivity index (χ4v) is 4.65. The number of hydrogen-bond acceptors (Lipinski definition) is 6. The normalized spacial score (nSPS) is 20.8. The average Bonchev–Trinajstić information content (AvgIpc) is 3.23. The monoisotopic (exact) mass is 386 g/mol. The molecular formula is C20H30N6O2. The van der Waals surface area contributed by atoms with E-state index >= 15 is 0 Å². The molecule has 2 aliphatic rings. The number of nitrogens with zero attached hydrogens (tertiary/aromatic N) is 5. The molecule has 2 saturated heterocycles. The Balaban J connectivity index is 1.43. The van der Waals surface area contributed by atoms with Crippen molar-refractivity contribution in [3.63, 3.8) is 0 Å². The fourth-order valence-electron chi connectivity index (χ4n) is 4.65. The second kappa shape index (κ2) is 7.33. The number of carbonyl (C=O) groups is 1. The molecule has 8 nitrogen and oxygen atoms in total. The van der Waals surface area contributed by atoms with E-state index in [1.807, 2.05) is 18.7 Å². The molecular weight excluding hydrogens is 356 g/mol. The molecule has 2 aliphatic heterocycles. The first-order valence-corrected chi connectivity index (χ1v) is 10.0. The summed E-state index contributed by atoms with van der Waals surface area (Å²) in [6.45, 7) is 11.2. The van der Waals surface area contributed by atoms with Gasteiger partial charge in [-0.25, -0.2) is 4.98 Å². The Morgan fingerprint density at radius 3 is 2.57 bits per heavy atom. The van der Waals surface area contributed by atoms with Gasteiger partial charge in [-0.2, -0.15) is 0 Å². The Kier molecular flexibility index (Phi) is 5.01. The summed E-state index contributed by atoms with van der Waals surface area (Å²) in [5.41, 5.74) is 3.71.